The van der Waals surface area contributed by atoms with Gasteiger partial charge in [-0.3, -0.25) is 0 Å². The Labute approximate surface area is 128 Å². The molecule has 3 rings (SSSR count). The van der Waals surface area contributed by atoms with Crippen molar-refractivity contribution < 1.29 is 18.3 Å². The third kappa shape index (κ3) is 2.17. The lowest BCUT2D eigenvalue weighted by Crippen LogP contribution is -2.12. The lowest BCUT2D eigenvalue weighted by Gasteiger charge is -2.11. The average Bonchev–Trinajstić information content (AvgIpc) is 3.00. The molecular weight excluding hydrogens is 302 g/mol. The van der Waals surface area contributed by atoms with Crippen LogP contribution in [0.4, 0.5) is 0 Å². The van der Waals surface area contributed by atoms with E-state index < -0.39 is 10.0 Å². The molecule has 114 valence electrons. The van der Waals surface area contributed by atoms with Crippen LogP contribution in [0.3, 0.4) is 0 Å². The lowest BCUT2D eigenvalue weighted by molar-refractivity contribution is 0.283. The van der Waals surface area contributed by atoms with Crippen molar-refractivity contribution in [3.63, 3.8) is 0 Å². The summed E-state index contributed by atoms with van der Waals surface area (Å²) in [7, 11) is -2.24. The van der Waals surface area contributed by atoms with Crippen molar-refractivity contribution in [3.8, 4) is 5.75 Å². The van der Waals surface area contributed by atoms with Gasteiger partial charge in [0.15, 0.2) is 0 Å². The van der Waals surface area contributed by atoms with Crippen LogP contribution in [0, 0.1) is 0 Å². The van der Waals surface area contributed by atoms with Crippen molar-refractivity contribution in [3.05, 3.63) is 60.3 Å². The SMILES string of the molecule is COc1ccc(CO)c2ccn(S(=O)(=O)c3ccccc3)c12. The molecule has 3 aromatic rings. The van der Waals surface area contributed by atoms with Gasteiger partial charge in [0, 0.05) is 11.6 Å². The van der Waals surface area contributed by atoms with Gasteiger partial charge < -0.3 is 9.84 Å². The minimum atomic E-state index is -3.72. The van der Waals surface area contributed by atoms with Crippen molar-refractivity contribution >= 4 is 20.9 Å². The molecule has 1 aromatic heterocycles. The molecule has 0 spiro atoms. The van der Waals surface area contributed by atoms with Gasteiger partial charge in [-0.05, 0) is 29.8 Å². The van der Waals surface area contributed by atoms with Crippen LogP contribution in [0.1, 0.15) is 5.56 Å². The Morgan fingerprint density at radius 3 is 2.45 bits per heavy atom. The van der Waals surface area contributed by atoms with Gasteiger partial charge in [-0.25, -0.2) is 12.4 Å². The fourth-order valence-corrected chi connectivity index (χ4v) is 3.85. The second-order valence-electron chi connectivity index (χ2n) is 4.78. The quantitative estimate of drug-likeness (QED) is 0.802. The Morgan fingerprint density at radius 2 is 1.82 bits per heavy atom. The summed E-state index contributed by atoms with van der Waals surface area (Å²) in [6, 6.07) is 13.3. The predicted molar refractivity (Wildman–Crippen MR) is 83.4 cm³/mol. The number of ether oxygens (including phenoxy) is 1. The molecule has 0 atom stereocenters. The van der Waals surface area contributed by atoms with Crippen LogP contribution in [0.25, 0.3) is 10.9 Å². The molecule has 0 aliphatic rings. The number of benzene rings is 2. The van der Waals surface area contributed by atoms with E-state index in [-0.39, 0.29) is 11.5 Å². The first kappa shape index (κ1) is 14.6. The lowest BCUT2D eigenvalue weighted by atomic mass is 10.1. The van der Waals surface area contributed by atoms with E-state index in [0.717, 1.165) is 0 Å². The molecule has 22 heavy (non-hydrogen) atoms. The third-order valence-electron chi connectivity index (χ3n) is 3.56. The maximum Gasteiger partial charge on any atom is 0.268 e. The topological polar surface area (TPSA) is 68.5 Å². The number of aliphatic hydroxyl groups excluding tert-OH is 1. The number of aromatic nitrogens is 1. The van der Waals surface area contributed by atoms with Crippen LogP contribution in [0.5, 0.6) is 5.75 Å². The number of methoxy groups -OCH3 is 1. The molecule has 0 fully saturated rings. The van der Waals surface area contributed by atoms with E-state index in [4.69, 9.17) is 4.74 Å². The Morgan fingerprint density at radius 1 is 1.09 bits per heavy atom. The van der Waals surface area contributed by atoms with E-state index in [2.05, 4.69) is 0 Å². The third-order valence-corrected chi connectivity index (χ3v) is 5.25. The molecule has 0 radical (unpaired) electrons. The summed E-state index contributed by atoms with van der Waals surface area (Å²) in [6.45, 7) is -0.171. The van der Waals surface area contributed by atoms with Gasteiger partial charge in [0.2, 0.25) is 0 Å². The van der Waals surface area contributed by atoms with Crippen molar-refractivity contribution in [2.45, 2.75) is 11.5 Å². The minimum Gasteiger partial charge on any atom is -0.495 e. The molecule has 0 aliphatic heterocycles. The van der Waals surface area contributed by atoms with Crippen LogP contribution in [0.2, 0.25) is 0 Å². The van der Waals surface area contributed by atoms with Gasteiger partial charge >= 0.3 is 0 Å². The molecule has 0 unspecified atom stereocenters. The van der Waals surface area contributed by atoms with Gasteiger partial charge in [0.05, 0.1) is 18.6 Å². The van der Waals surface area contributed by atoms with Crippen molar-refractivity contribution in [2.75, 3.05) is 7.11 Å². The first-order chi connectivity index (χ1) is 10.6. The highest BCUT2D eigenvalue weighted by molar-refractivity contribution is 7.90. The van der Waals surface area contributed by atoms with E-state index in [9.17, 15) is 13.5 Å². The number of hydrogen-bond acceptors (Lipinski definition) is 4. The number of aliphatic hydroxyl groups is 1. The van der Waals surface area contributed by atoms with Crippen LogP contribution < -0.4 is 4.74 Å². The molecule has 0 saturated carbocycles. The van der Waals surface area contributed by atoms with E-state index in [1.807, 2.05) is 0 Å². The highest BCUT2D eigenvalue weighted by Crippen LogP contribution is 2.32. The largest absolute Gasteiger partial charge is 0.495 e. The molecule has 5 nitrogen and oxygen atoms in total. The highest BCUT2D eigenvalue weighted by Gasteiger charge is 2.21. The van der Waals surface area contributed by atoms with Crippen LogP contribution in [-0.4, -0.2) is 24.6 Å². The number of nitrogens with zero attached hydrogens (tertiary/aromatic N) is 1. The zero-order valence-corrected chi connectivity index (χ0v) is 12.7. The summed E-state index contributed by atoms with van der Waals surface area (Å²) in [5.74, 6) is 0.441. The average molecular weight is 317 g/mol. The number of fused-ring (bicyclic) bond motifs is 1. The first-order valence-electron chi connectivity index (χ1n) is 6.68. The molecule has 1 heterocycles. The Bertz CT molecular complexity index is 914. The van der Waals surface area contributed by atoms with Crippen LogP contribution in [-0.2, 0) is 16.6 Å². The summed E-state index contributed by atoms with van der Waals surface area (Å²) < 4.78 is 32.1. The van der Waals surface area contributed by atoms with E-state index in [1.54, 1.807) is 48.5 Å². The summed E-state index contributed by atoms with van der Waals surface area (Å²) in [6.07, 6.45) is 1.48. The molecule has 0 amide bonds. The summed E-state index contributed by atoms with van der Waals surface area (Å²) >= 11 is 0. The standard InChI is InChI=1S/C16H15NO4S/c1-21-15-8-7-12(11-18)14-9-10-17(16(14)15)22(19,20)13-5-3-2-4-6-13/h2-10,18H,11H2,1H3. The Hall–Kier alpha value is -2.31. The summed E-state index contributed by atoms with van der Waals surface area (Å²) in [4.78, 5) is 0.198. The fourth-order valence-electron chi connectivity index (χ4n) is 2.47. The molecule has 0 saturated heterocycles. The zero-order chi connectivity index (χ0) is 15.7. The first-order valence-corrected chi connectivity index (χ1v) is 8.12. The second-order valence-corrected chi connectivity index (χ2v) is 6.59. The maximum atomic E-state index is 12.8. The van der Waals surface area contributed by atoms with Gasteiger partial charge in [-0.1, -0.05) is 24.3 Å². The van der Waals surface area contributed by atoms with Crippen molar-refractivity contribution in [1.29, 1.82) is 0 Å². The van der Waals surface area contributed by atoms with Gasteiger partial charge in [0.1, 0.15) is 11.3 Å². The van der Waals surface area contributed by atoms with Gasteiger partial charge in [-0.2, -0.15) is 0 Å². The van der Waals surface area contributed by atoms with E-state index in [1.165, 1.54) is 17.3 Å². The van der Waals surface area contributed by atoms with Gasteiger partial charge in [0.25, 0.3) is 10.0 Å². The summed E-state index contributed by atoms with van der Waals surface area (Å²) in [5.41, 5.74) is 1.08. The minimum absolute atomic E-state index is 0.171. The fraction of sp³-hybridized carbons (Fsp3) is 0.125. The Kier molecular flexibility index (Phi) is 3.64. The number of rotatable bonds is 4. The van der Waals surface area contributed by atoms with E-state index >= 15 is 0 Å². The second kappa shape index (κ2) is 5.47. The maximum absolute atomic E-state index is 12.8. The molecular formula is C16H15NO4S. The highest BCUT2D eigenvalue weighted by atomic mass is 32.2. The van der Waals surface area contributed by atoms with Crippen molar-refractivity contribution in [1.82, 2.24) is 3.97 Å². The van der Waals surface area contributed by atoms with E-state index in [0.29, 0.717) is 22.2 Å². The molecule has 0 bridgehead atoms. The van der Waals surface area contributed by atoms with Gasteiger partial charge in [-0.15, -0.1) is 0 Å². The molecule has 2 aromatic carbocycles. The molecule has 1 N–H and O–H groups in total. The predicted octanol–water partition coefficient (Wildman–Crippen LogP) is 2.38. The van der Waals surface area contributed by atoms with Crippen molar-refractivity contribution in [2.24, 2.45) is 0 Å². The zero-order valence-electron chi connectivity index (χ0n) is 11.9. The monoisotopic (exact) mass is 317 g/mol. The van der Waals surface area contributed by atoms with Crippen LogP contribution >= 0.6 is 0 Å². The molecule has 0 aliphatic carbocycles. The number of hydrogen-bond donors (Lipinski definition) is 1. The van der Waals surface area contributed by atoms with Crippen LogP contribution in [0.15, 0.2) is 59.6 Å². The Balaban J connectivity index is 2.33. The molecule has 6 heteroatoms. The smallest absolute Gasteiger partial charge is 0.268 e. The normalized spacial score (nSPS) is 11.7. The summed E-state index contributed by atoms with van der Waals surface area (Å²) in [5, 5.41) is 10.1.